The summed E-state index contributed by atoms with van der Waals surface area (Å²) >= 11 is 3.43. The van der Waals surface area contributed by atoms with Gasteiger partial charge in [0.1, 0.15) is 12.2 Å². The van der Waals surface area contributed by atoms with E-state index in [4.69, 9.17) is 4.42 Å². The SMILES string of the molecule is Cc1c(C(=O)N2CCN(CCCOCC(F)(F)F)CC2)oc2ccc(Br)cc12. The number of aryl methyl sites for hydroxylation is 1. The highest BCUT2D eigenvalue weighted by Gasteiger charge is 2.28. The first-order chi connectivity index (χ1) is 13.2. The number of fused-ring (bicyclic) bond motifs is 1. The minimum atomic E-state index is -4.28. The molecule has 1 fully saturated rings. The highest BCUT2D eigenvalue weighted by atomic mass is 79.9. The zero-order chi connectivity index (χ0) is 20.3. The molecule has 1 saturated heterocycles. The molecule has 0 unspecified atom stereocenters. The Bertz CT molecular complexity index is 830. The molecule has 2 aromatic rings. The third-order valence-corrected chi connectivity index (χ3v) is 5.27. The molecule has 0 bridgehead atoms. The molecule has 5 nitrogen and oxygen atoms in total. The molecule has 0 N–H and O–H groups in total. The summed E-state index contributed by atoms with van der Waals surface area (Å²) in [5.74, 6) is 0.236. The van der Waals surface area contributed by atoms with Crippen LogP contribution in [0.4, 0.5) is 13.2 Å². The fourth-order valence-corrected chi connectivity index (χ4v) is 3.65. The van der Waals surface area contributed by atoms with E-state index in [0.29, 0.717) is 50.5 Å². The van der Waals surface area contributed by atoms with Crippen molar-refractivity contribution < 1.29 is 27.1 Å². The molecule has 28 heavy (non-hydrogen) atoms. The number of amides is 1. The van der Waals surface area contributed by atoms with E-state index in [0.717, 1.165) is 15.4 Å². The van der Waals surface area contributed by atoms with Crippen LogP contribution in [0.2, 0.25) is 0 Å². The number of piperazine rings is 1. The summed E-state index contributed by atoms with van der Waals surface area (Å²) in [5, 5.41) is 0.912. The van der Waals surface area contributed by atoms with Crippen molar-refractivity contribution in [2.24, 2.45) is 0 Å². The van der Waals surface area contributed by atoms with Crippen LogP contribution in [-0.4, -0.2) is 67.8 Å². The zero-order valence-electron chi connectivity index (χ0n) is 15.5. The van der Waals surface area contributed by atoms with E-state index in [9.17, 15) is 18.0 Å². The van der Waals surface area contributed by atoms with Crippen molar-refractivity contribution in [1.82, 2.24) is 9.80 Å². The van der Waals surface area contributed by atoms with Crippen LogP contribution in [0.3, 0.4) is 0 Å². The molecule has 1 aliphatic rings. The third kappa shape index (κ3) is 5.27. The van der Waals surface area contributed by atoms with Crippen LogP contribution in [-0.2, 0) is 4.74 Å². The number of nitrogens with zero attached hydrogens (tertiary/aromatic N) is 2. The predicted octanol–water partition coefficient (Wildman–Crippen LogP) is 4.23. The van der Waals surface area contributed by atoms with E-state index in [1.807, 2.05) is 25.1 Å². The Kier molecular flexibility index (Phi) is 6.67. The molecule has 9 heteroatoms. The van der Waals surface area contributed by atoms with E-state index < -0.39 is 12.8 Å². The van der Waals surface area contributed by atoms with Gasteiger partial charge >= 0.3 is 6.18 Å². The van der Waals surface area contributed by atoms with E-state index in [2.05, 4.69) is 25.6 Å². The van der Waals surface area contributed by atoms with Crippen LogP contribution >= 0.6 is 15.9 Å². The molecule has 1 aromatic heterocycles. The number of carbonyl (C=O) groups excluding carboxylic acids is 1. The molecule has 1 aliphatic heterocycles. The molecule has 3 rings (SSSR count). The Morgan fingerprint density at radius 2 is 1.96 bits per heavy atom. The molecule has 154 valence electrons. The topological polar surface area (TPSA) is 45.9 Å². The molecular formula is C19H22BrF3N2O3. The highest BCUT2D eigenvalue weighted by Crippen LogP contribution is 2.29. The maximum absolute atomic E-state index is 12.9. The quantitative estimate of drug-likeness (QED) is 0.602. The minimum Gasteiger partial charge on any atom is -0.451 e. The van der Waals surface area contributed by atoms with Crippen molar-refractivity contribution in [2.75, 3.05) is 45.9 Å². The van der Waals surface area contributed by atoms with Gasteiger partial charge in [0.2, 0.25) is 0 Å². The van der Waals surface area contributed by atoms with Gasteiger partial charge in [0.25, 0.3) is 5.91 Å². The summed E-state index contributed by atoms with van der Waals surface area (Å²) in [4.78, 5) is 16.7. The normalized spacial score (nSPS) is 16.1. The lowest BCUT2D eigenvalue weighted by Gasteiger charge is -2.34. The third-order valence-electron chi connectivity index (χ3n) is 4.78. The number of alkyl halides is 3. The second-order valence-electron chi connectivity index (χ2n) is 6.85. The van der Waals surface area contributed by atoms with Crippen LogP contribution in [0.25, 0.3) is 11.0 Å². The molecule has 0 saturated carbocycles. The number of ether oxygens (including phenoxy) is 1. The molecule has 1 aromatic carbocycles. The maximum atomic E-state index is 12.9. The van der Waals surface area contributed by atoms with Crippen LogP contribution in [0.1, 0.15) is 22.5 Å². The fraction of sp³-hybridized carbons (Fsp3) is 0.526. The van der Waals surface area contributed by atoms with Crippen molar-refractivity contribution in [2.45, 2.75) is 19.5 Å². The monoisotopic (exact) mass is 462 g/mol. The van der Waals surface area contributed by atoms with E-state index in [1.54, 1.807) is 4.90 Å². The van der Waals surface area contributed by atoms with E-state index >= 15 is 0 Å². The zero-order valence-corrected chi connectivity index (χ0v) is 17.1. The maximum Gasteiger partial charge on any atom is 0.411 e. The lowest BCUT2D eigenvalue weighted by molar-refractivity contribution is -0.174. The van der Waals surface area contributed by atoms with Gasteiger partial charge in [-0.1, -0.05) is 15.9 Å². The first-order valence-corrected chi connectivity index (χ1v) is 9.88. The van der Waals surface area contributed by atoms with Gasteiger partial charge in [-0.2, -0.15) is 13.2 Å². The number of furan rings is 1. The number of halogens is 4. The molecule has 2 heterocycles. The summed E-state index contributed by atoms with van der Waals surface area (Å²) in [6.07, 6.45) is -3.75. The Labute approximate surface area is 169 Å². The Hall–Kier alpha value is -1.58. The average molecular weight is 463 g/mol. The average Bonchev–Trinajstić information content (AvgIpc) is 2.97. The van der Waals surface area contributed by atoms with E-state index in [-0.39, 0.29) is 12.5 Å². The Morgan fingerprint density at radius 3 is 2.64 bits per heavy atom. The number of hydrogen-bond acceptors (Lipinski definition) is 4. The predicted molar refractivity (Wildman–Crippen MR) is 102 cm³/mol. The number of benzene rings is 1. The Morgan fingerprint density at radius 1 is 1.25 bits per heavy atom. The number of hydrogen-bond donors (Lipinski definition) is 0. The first-order valence-electron chi connectivity index (χ1n) is 9.09. The van der Waals surface area contributed by atoms with Crippen LogP contribution < -0.4 is 0 Å². The smallest absolute Gasteiger partial charge is 0.411 e. The van der Waals surface area contributed by atoms with Crippen LogP contribution in [0.15, 0.2) is 27.1 Å². The second kappa shape index (κ2) is 8.84. The van der Waals surface area contributed by atoms with Gasteiger partial charge in [-0.3, -0.25) is 9.69 Å². The second-order valence-corrected chi connectivity index (χ2v) is 7.77. The minimum absolute atomic E-state index is 0.0758. The molecule has 1 amide bonds. The Balaban J connectivity index is 1.48. The first kappa shape index (κ1) is 21.1. The van der Waals surface area contributed by atoms with Gasteiger partial charge in [-0.15, -0.1) is 0 Å². The lowest BCUT2D eigenvalue weighted by atomic mass is 10.1. The number of carbonyl (C=O) groups is 1. The van der Waals surface area contributed by atoms with Crippen molar-refractivity contribution in [3.8, 4) is 0 Å². The summed E-state index contributed by atoms with van der Waals surface area (Å²) in [5.41, 5.74) is 1.51. The van der Waals surface area contributed by atoms with Gasteiger partial charge in [0, 0.05) is 54.8 Å². The van der Waals surface area contributed by atoms with Gasteiger partial charge in [0.05, 0.1) is 0 Å². The largest absolute Gasteiger partial charge is 0.451 e. The summed E-state index contributed by atoms with van der Waals surface area (Å²) in [6.45, 7) is 3.87. The van der Waals surface area contributed by atoms with Crippen molar-refractivity contribution >= 4 is 32.8 Å². The molecule has 0 aliphatic carbocycles. The summed E-state index contributed by atoms with van der Waals surface area (Å²) in [6, 6.07) is 5.64. The van der Waals surface area contributed by atoms with Gasteiger partial charge in [-0.05, 0) is 31.5 Å². The van der Waals surface area contributed by atoms with Crippen LogP contribution in [0, 0.1) is 6.92 Å². The van der Waals surface area contributed by atoms with Gasteiger partial charge in [0.15, 0.2) is 5.76 Å². The van der Waals surface area contributed by atoms with Gasteiger partial charge in [-0.25, -0.2) is 0 Å². The van der Waals surface area contributed by atoms with Crippen molar-refractivity contribution in [3.63, 3.8) is 0 Å². The van der Waals surface area contributed by atoms with Crippen LogP contribution in [0.5, 0.6) is 0 Å². The molecular weight excluding hydrogens is 441 g/mol. The summed E-state index contributed by atoms with van der Waals surface area (Å²) in [7, 11) is 0. The summed E-state index contributed by atoms with van der Waals surface area (Å²) < 4.78 is 47.4. The molecule has 0 radical (unpaired) electrons. The molecule has 0 spiro atoms. The van der Waals surface area contributed by atoms with Crippen molar-refractivity contribution in [1.29, 1.82) is 0 Å². The number of rotatable bonds is 6. The highest BCUT2D eigenvalue weighted by molar-refractivity contribution is 9.10. The standard InChI is InChI=1S/C19H22BrF3N2O3/c1-13-15-11-14(20)3-4-16(15)28-17(13)18(26)25-8-6-24(7-9-25)5-2-10-27-12-19(21,22)23/h3-4,11H,2,5-10,12H2,1H3. The fourth-order valence-electron chi connectivity index (χ4n) is 3.29. The van der Waals surface area contributed by atoms with Crippen molar-refractivity contribution in [3.05, 3.63) is 34.0 Å². The van der Waals surface area contributed by atoms with Gasteiger partial charge < -0.3 is 14.1 Å². The van der Waals surface area contributed by atoms with E-state index in [1.165, 1.54) is 0 Å². The molecule has 0 atom stereocenters. The lowest BCUT2D eigenvalue weighted by Crippen LogP contribution is -2.49.